The van der Waals surface area contributed by atoms with Gasteiger partial charge in [0.15, 0.2) is 0 Å². The number of piperidine rings is 1. The number of nitrogens with one attached hydrogen (secondary N) is 2. The summed E-state index contributed by atoms with van der Waals surface area (Å²) in [6.07, 6.45) is 4.13. The predicted octanol–water partition coefficient (Wildman–Crippen LogP) is 4.87. The number of hydrogen-bond donors (Lipinski definition) is 2. The molecule has 2 aliphatic heterocycles. The van der Waals surface area contributed by atoms with Crippen LogP contribution in [0.3, 0.4) is 0 Å². The third-order valence-corrected chi connectivity index (χ3v) is 7.01. The van der Waals surface area contributed by atoms with Crippen LogP contribution in [0.25, 0.3) is 6.08 Å². The van der Waals surface area contributed by atoms with E-state index in [1.54, 1.807) is 6.07 Å². The molecule has 0 bridgehead atoms. The van der Waals surface area contributed by atoms with E-state index in [9.17, 15) is 9.59 Å². The van der Waals surface area contributed by atoms with Crippen molar-refractivity contribution >= 4 is 35.3 Å². The molecule has 2 atom stereocenters. The highest BCUT2D eigenvalue weighted by Gasteiger charge is 2.23. The maximum absolute atomic E-state index is 12.6. The summed E-state index contributed by atoms with van der Waals surface area (Å²) in [6.45, 7) is 8.61. The number of rotatable bonds is 6. The molecule has 0 saturated carbocycles. The van der Waals surface area contributed by atoms with Gasteiger partial charge < -0.3 is 15.5 Å². The fourth-order valence-corrected chi connectivity index (χ4v) is 5.52. The van der Waals surface area contributed by atoms with Crippen LogP contribution in [0.2, 0.25) is 0 Å². The zero-order valence-electron chi connectivity index (χ0n) is 18.8. The summed E-state index contributed by atoms with van der Waals surface area (Å²) in [5.74, 6) is 1.26. The molecule has 2 N–H and O–H groups in total. The fraction of sp³-hybridized carbons (Fsp3) is 0.385. The number of benzene rings is 2. The number of anilines is 1. The normalized spacial score (nSPS) is 22.3. The third-order valence-electron chi connectivity index (χ3n) is 5.91. The van der Waals surface area contributed by atoms with Crippen molar-refractivity contribution in [2.45, 2.75) is 31.6 Å². The average Bonchev–Trinajstić information content (AvgIpc) is 2.77. The minimum absolute atomic E-state index is 0.0990. The topological polar surface area (TPSA) is 61.4 Å². The number of carbonyl (C=O) groups excluding carboxylic acids is 2. The van der Waals surface area contributed by atoms with E-state index in [-0.39, 0.29) is 11.8 Å². The van der Waals surface area contributed by atoms with Crippen LogP contribution in [-0.4, -0.2) is 42.9 Å². The van der Waals surface area contributed by atoms with Gasteiger partial charge >= 0.3 is 0 Å². The van der Waals surface area contributed by atoms with Gasteiger partial charge in [0, 0.05) is 30.1 Å². The van der Waals surface area contributed by atoms with Crippen molar-refractivity contribution in [3.05, 3.63) is 64.6 Å². The van der Waals surface area contributed by atoms with E-state index in [1.807, 2.05) is 48.5 Å². The van der Waals surface area contributed by atoms with Gasteiger partial charge in [-0.3, -0.25) is 9.59 Å². The van der Waals surface area contributed by atoms with Crippen LogP contribution in [0.15, 0.2) is 58.3 Å². The summed E-state index contributed by atoms with van der Waals surface area (Å²) < 4.78 is 0. The Hall–Kier alpha value is -2.57. The van der Waals surface area contributed by atoms with Gasteiger partial charge in [-0.05, 0) is 61.1 Å². The highest BCUT2D eigenvalue weighted by atomic mass is 32.2. The Labute approximate surface area is 194 Å². The second kappa shape index (κ2) is 10.4. The summed E-state index contributed by atoms with van der Waals surface area (Å²) in [7, 11) is 0. The van der Waals surface area contributed by atoms with Crippen molar-refractivity contribution in [3.63, 3.8) is 0 Å². The average molecular weight is 450 g/mol. The van der Waals surface area contributed by atoms with Crippen LogP contribution < -0.4 is 10.6 Å². The molecule has 0 aliphatic carbocycles. The smallest absolute Gasteiger partial charge is 0.262 e. The van der Waals surface area contributed by atoms with Gasteiger partial charge in [-0.25, -0.2) is 0 Å². The second-order valence-electron chi connectivity index (χ2n) is 9.00. The first-order valence-corrected chi connectivity index (χ1v) is 12.2. The fourth-order valence-electron chi connectivity index (χ4n) is 4.58. The minimum atomic E-state index is -0.145. The van der Waals surface area contributed by atoms with Crippen molar-refractivity contribution in [2.24, 2.45) is 11.8 Å². The second-order valence-corrected chi connectivity index (χ2v) is 10.1. The largest absolute Gasteiger partial charge is 0.352 e. The standard InChI is InChI=1S/C26H31N3O2S/c1-18-13-19(2)17-29(16-18)12-6-11-27-25(30)21-9-10-23-22(15-21)28-26(31)24(32-23)14-20-7-4-3-5-8-20/h3-5,7-10,14-15,18-19H,6,11-13,16-17H2,1-2H3,(H,27,30)(H,28,31). The molecule has 0 aromatic heterocycles. The van der Waals surface area contributed by atoms with Gasteiger partial charge in [0.25, 0.3) is 11.8 Å². The summed E-state index contributed by atoms with van der Waals surface area (Å²) in [5.41, 5.74) is 2.24. The van der Waals surface area contributed by atoms with Crippen molar-refractivity contribution in [1.29, 1.82) is 0 Å². The van der Waals surface area contributed by atoms with Crippen LogP contribution in [-0.2, 0) is 4.79 Å². The number of hydrogen-bond acceptors (Lipinski definition) is 4. The lowest BCUT2D eigenvalue weighted by atomic mass is 9.92. The van der Waals surface area contributed by atoms with E-state index in [2.05, 4.69) is 29.4 Å². The quantitative estimate of drug-likeness (QED) is 0.488. The molecule has 4 rings (SSSR count). The molecule has 2 aliphatic rings. The Morgan fingerprint density at radius 3 is 2.66 bits per heavy atom. The van der Waals surface area contributed by atoms with Gasteiger partial charge in [-0.1, -0.05) is 55.9 Å². The summed E-state index contributed by atoms with van der Waals surface area (Å²) in [4.78, 5) is 29.3. The van der Waals surface area contributed by atoms with Crippen molar-refractivity contribution in [2.75, 3.05) is 31.5 Å². The van der Waals surface area contributed by atoms with E-state index in [4.69, 9.17) is 0 Å². The van der Waals surface area contributed by atoms with E-state index < -0.39 is 0 Å². The molecule has 2 amide bonds. The number of amides is 2. The molecule has 1 fully saturated rings. The number of carbonyl (C=O) groups is 2. The molecular formula is C26H31N3O2S. The zero-order chi connectivity index (χ0) is 22.5. The maximum atomic E-state index is 12.6. The summed E-state index contributed by atoms with van der Waals surface area (Å²) >= 11 is 1.43. The Morgan fingerprint density at radius 2 is 1.91 bits per heavy atom. The first-order chi connectivity index (χ1) is 15.5. The lowest BCUT2D eigenvalue weighted by molar-refractivity contribution is -0.112. The van der Waals surface area contributed by atoms with Gasteiger partial charge in [0.1, 0.15) is 0 Å². The molecular weight excluding hydrogens is 418 g/mol. The Kier molecular flexibility index (Phi) is 7.33. The minimum Gasteiger partial charge on any atom is -0.352 e. The highest BCUT2D eigenvalue weighted by molar-refractivity contribution is 8.04. The Bertz CT molecular complexity index is 995. The first-order valence-electron chi connectivity index (χ1n) is 11.4. The first kappa shape index (κ1) is 22.6. The molecule has 168 valence electrons. The molecule has 5 nitrogen and oxygen atoms in total. The number of fused-ring (bicyclic) bond motifs is 1. The van der Waals surface area contributed by atoms with Gasteiger partial charge in [-0.15, -0.1) is 0 Å². The third kappa shape index (κ3) is 5.81. The van der Waals surface area contributed by atoms with Gasteiger partial charge in [0.05, 0.1) is 10.6 Å². The lowest BCUT2D eigenvalue weighted by Crippen LogP contribution is -2.40. The van der Waals surface area contributed by atoms with Crippen molar-refractivity contribution < 1.29 is 9.59 Å². The molecule has 2 heterocycles. The van der Waals surface area contributed by atoms with Crippen LogP contribution in [0.1, 0.15) is 42.6 Å². The zero-order valence-corrected chi connectivity index (χ0v) is 19.6. The molecule has 32 heavy (non-hydrogen) atoms. The van der Waals surface area contributed by atoms with E-state index in [0.717, 1.165) is 48.3 Å². The summed E-state index contributed by atoms with van der Waals surface area (Å²) in [6, 6.07) is 15.3. The van der Waals surface area contributed by atoms with Gasteiger partial charge in [0.2, 0.25) is 0 Å². The monoisotopic (exact) mass is 449 g/mol. The number of nitrogens with zero attached hydrogens (tertiary/aromatic N) is 1. The van der Waals surface area contributed by atoms with Crippen LogP contribution in [0.4, 0.5) is 5.69 Å². The van der Waals surface area contributed by atoms with Crippen molar-refractivity contribution in [3.8, 4) is 0 Å². The molecule has 2 aromatic carbocycles. The van der Waals surface area contributed by atoms with Crippen LogP contribution >= 0.6 is 11.8 Å². The van der Waals surface area contributed by atoms with Crippen LogP contribution in [0, 0.1) is 11.8 Å². The maximum Gasteiger partial charge on any atom is 0.262 e. The SMILES string of the molecule is CC1CC(C)CN(CCCNC(=O)c2ccc3c(c2)NC(=O)C(=Cc2ccccc2)S3)C1. The van der Waals surface area contributed by atoms with Crippen molar-refractivity contribution in [1.82, 2.24) is 10.2 Å². The Morgan fingerprint density at radius 1 is 1.16 bits per heavy atom. The van der Waals surface area contributed by atoms with Gasteiger partial charge in [-0.2, -0.15) is 0 Å². The van der Waals surface area contributed by atoms with E-state index in [1.165, 1.54) is 18.2 Å². The van der Waals surface area contributed by atoms with Crippen LogP contribution in [0.5, 0.6) is 0 Å². The molecule has 0 spiro atoms. The molecule has 6 heteroatoms. The predicted molar refractivity (Wildman–Crippen MR) is 132 cm³/mol. The Balaban J connectivity index is 1.31. The highest BCUT2D eigenvalue weighted by Crippen LogP contribution is 2.39. The van der Waals surface area contributed by atoms with E-state index >= 15 is 0 Å². The molecule has 0 radical (unpaired) electrons. The van der Waals surface area contributed by atoms with E-state index in [0.29, 0.717) is 22.7 Å². The lowest BCUT2D eigenvalue weighted by Gasteiger charge is -2.34. The number of likely N-dealkylation sites (tertiary alicyclic amines) is 1. The molecule has 2 aromatic rings. The molecule has 1 saturated heterocycles. The molecule has 2 unspecified atom stereocenters. The summed E-state index contributed by atoms with van der Waals surface area (Å²) in [5, 5.41) is 5.95. The number of thioether (sulfide) groups is 1.